The number of rotatable bonds is 4. The van der Waals surface area contributed by atoms with Gasteiger partial charge in [0, 0.05) is 25.6 Å². The topological polar surface area (TPSA) is 32.3 Å². The van der Waals surface area contributed by atoms with E-state index in [9.17, 15) is 13.6 Å². The fraction of sp³-hybridized carbons (Fsp3) is 0.533. The van der Waals surface area contributed by atoms with E-state index in [1.165, 1.54) is 0 Å². The number of carbonyl (C=O) groups excluding carboxylic acids is 1. The zero-order valence-corrected chi connectivity index (χ0v) is 11.7. The third-order valence-electron chi connectivity index (χ3n) is 3.80. The highest BCUT2D eigenvalue weighted by Gasteiger charge is 2.22. The quantitative estimate of drug-likeness (QED) is 0.917. The molecule has 110 valence electrons. The average molecular weight is 282 g/mol. The van der Waals surface area contributed by atoms with Crippen LogP contribution in [0.5, 0.6) is 0 Å². The lowest BCUT2D eigenvalue weighted by Crippen LogP contribution is -2.47. The Kier molecular flexibility index (Phi) is 5.06. The van der Waals surface area contributed by atoms with Crippen molar-refractivity contribution in [3.63, 3.8) is 0 Å². The summed E-state index contributed by atoms with van der Waals surface area (Å²) in [6, 6.07) is 3.68. The van der Waals surface area contributed by atoms with Crippen molar-refractivity contribution in [3.8, 4) is 0 Å². The number of carbonyl (C=O) groups is 1. The smallest absolute Gasteiger partial charge is 0.222 e. The van der Waals surface area contributed by atoms with Gasteiger partial charge >= 0.3 is 0 Å². The molecule has 0 aliphatic carbocycles. The molecule has 0 spiro atoms. The molecule has 1 fully saturated rings. The van der Waals surface area contributed by atoms with Gasteiger partial charge in [0.05, 0.1) is 0 Å². The Morgan fingerprint density at radius 2 is 2.25 bits per heavy atom. The molecule has 1 saturated heterocycles. The summed E-state index contributed by atoms with van der Waals surface area (Å²) in [5, 5.41) is 3.18. The van der Waals surface area contributed by atoms with Gasteiger partial charge in [-0.2, -0.15) is 0 Å². The Morgan fingerprint density at radius 1 is 1.45 bits per heavy atom. The van der Waals surface area contributed by atoms with Crippen molar-refractivity contribution in [2.75, 3.05) is 20.1 Å². The molecule has 1 heterocycles. The molecular formula is C15H20F2N2O. The van der Waals surface area contributed by atoms with E-state index in [0.29, 0.717) is 12.6 Å². The van der Waals surface area contributed by atoms with Crippen LogP contribution >= 0.6 is 0 Å². The van der Waals surface area contributed by atoms with Crippen molar-refractivity contribution in [1.29, 1.82) is 0 Å². The van der Waals surface area contributed by atoms with Crippen molar-refractivity contribution in [2.24, 2.45) is 0 Å². The molecule has 1 amide bonds. The van der Waals surface area contributed by atoms with Gasteiger partial charge in [-0.15, -0.1) is 0 Å². The molecule has 1 aromatic rings. The van der Waals surface area contributed by atoms with Gasteiger partial charge in [-0.1, -0.05) is 0 Å². The Balaban J connectivity index is 1.90. The number of amides is 1. The number of nitrogens with zero attached hydrogens (tertiary/aromatic N) is 1. The average Bonchev–Trinajstić information content (AvgIpc) is 2.48. The first-order valence-electron chi connectivity index (χ1n) is 6.99. The zero-order chi connectivity index (χ0) is 14.5. The van der Waals surface area contributed by atoms with E-state index in [4.69, 9.17) is 0 Å². The molecule has 0 bridgehead atoms. The normalized spacial score (nSPS) is 19.1. The molecular weight excluding hydrogens is 262 g/mol. The van der Waals surface area contributed by atoms with E-state index < -0.39 is 11.6 Å². The molecule has 0 radical (unpaired) electrons. The summed E-state index contributed by atoms with van der Waals surface area (Å²) in [5.74, 6) is -0.915. The molecule has 2 rings (SSSR count). The van der Waals surface area contributed by atoms with E-state index in [0.717, 1.165) is 37.6 Å². The maximum atomic E-state index is 13.5. The predicted molar refractivity (Wildman–Crippen MR) is 73.3 cm³/mol. The lowest BCUT2D eigenvalue weighted by molar-refractivity contribution is -0.132. The molecule has 1 unspecified atom stereocenters. The number of hydrogen-bond donors (Lipinski definition) is 1. The van der Waals surface area contributed by atoms with Gasteiger partial charge in [0.15, 0.2) is 0 Å². The number of piperidine rings is 1. The summed E-state index contributed by atoms with van der Waals surface area (Å²) in [5.41, 5.74) is 0.264. The number of halogens is 2. The van der Waals surface area contributed by atoms with Gasteiger partial charge in [-0.3, -0.25) is 4.79 Å². The van der Waals surface area contributed by atoms with E-state index in [2.05, 4.69) is 5.32 Å². The third kappa shape index (κ3) is 3.76. The van der Waals surface area contributed by atoms with Crippen LogP contribution in [0.15, 0.2) is 18.2 Å². The predicted octanol–water partition coefficient (Wildman–Crippen LogP) is 2.11. The Morgan fingerprint density at radius 3 is 3.00 bits per heavy atom. The monoisotopic (exact) mass is 282 g/mol. The minimum Gasteiger partial charge on any atom is -0.341 e. The number of likely N-dealkylation sites (N-methyl/N-ethyl adjacent to an activating group) is 1. The second-order valence-electron chi connectivity index (χ2n) is 5.20. The Bertz CT molecular complexity index is 479. The number of likely N-dealkylation sites (tertiary alicyclic amines) is 1. The number of aryl methyl sites for hydroxylation is 1. The molecule has 1 aliphatic heterocycles. The Hall–Kier alpha value is -1.49. The van der Waals surface area contributed by atoms with E-state index in [1.54, 1.807) is 0 Å². The fourth-order valence-electron chi connectivity index (χ4n) is 2.57. The summed E-state index contributed by atoms with van der Waals surface area (Å²) in [7, 11) is 1.89. The summed E-state index contributed by atoms with van der Waals surface area (Å²) >= 11 is 0. The second-order valence-corrected chi connectivity index (χ2v) is 5.20. The van der Waals surface area contributed by atoms with Crippen LogP contribution in [-0.4, -0.2) is 37.0 Å². The van der Waals surface area contributed by atoms with Crippen LogP contribution < -0.4 is 5.32 Å². The lowest BCUT2D eigenvalue weighted by atomic mass is 10.0. The largest absolute Gasteiger partial charge is 0.341 e. The molecule has 0 saturated carbocycles. The summed E-state index contributed by atoms with van der Waals surface area (Å²) in [4.78, 5) is 13.9. The van der Waals surface area contributed by atoms with Crippen LogP contribution in [0, 0.1) is 11.6 Å². The van der Waals surface area contributed by atoms with E-state index in [1.807, 2.05) is 11.9 Å². The molecule has 3 nitrogen and oxygen atoms in total. The van der Waals surface area contributed by atoms with Gasteiger partial charge in [0.2, 0.25) is 5.91 Å². The molecule has 0 aromatic heterocycles. The van der Waals surface area contributed by atoms with Crippen LogP contribution in [0.25, 0.3) is 0 Å². The molecule has 1 atom stereocenters. The summed E-state index contributed by atoms with van der Waals surface area (Å²) < 4.78 is 26.5. The summed E-state index contributed by atoms with van der Waals surface area (Å²) in [6.07, 6.45) is 2.50. The third-order valence-corrected chi connectivity index (χ3v) is 3.80. The maximum Gasteiger partial charge on any atom is 0.222 e. The first-order valence-corrected chi connectivity index (χ1v) is 6.99. The highest BCUT2D eigenvalue weighted by atomic mass is 19.1. The van der Waals surface area contributed by atoms with Crippen LogP contribution in [0.2, 0.25) is 0 Å². The maximum absolute atomic E-state index is 13.5. The molecule has 20 heavy (non-hydrogen) atoms. The number of hydrogen-bond acceptors (Lipinski definition) is 2. The minimum absolute atomic E-state index is 0.00797. The van der Waals surface area contributed by atoms with Crippen LogP contribution in [0.4, 0.5) is 8.78 Å². The molecule has 1 aromatic carbocycles. The molecule has 5 heteroatoms. The minimum atomic E-state index is -0.470. The van der Waals surface area contributed by atoms with Gasteiger partial charge in [0.1, 0.15) is 11.6 Å². The number of benzene rings is 1. The van der Waals surface area contributed by atoms with Crippen molar-refractivity contribution in [1.82, 2.24) is 10.2 Å². The zero-order valence-electron chi connectivity index (χ0n) is 11.7. The lowest BCUT2D eigenvalue weighted by Gasteiger charge is -2.32. The van der Waals surface area contributed by atoms with Crippen molar-refractivity contribution in [3.05, 3.63) is 35.4 Å². The van der Waals surface area contributed by atoms with Crippen LogP contribution in [-0.2, 0) is 11.2 Å². The SMILES string of the molecule is CNC1CCCN(C(=O)CCc2cc(F)ccc2F)C1. The van der Waals surface area contributed by atoms with Gasteiger partial charge < -0.3 is 10.2 Å². The first kappa shape index (κ1) is 14.9. The first-order chi connectivity index (χ1) is 9.60. The van der Waals surface area contributed by atoms with Gasteiger partial charge in [0.25, 0.3) is 0 Å². The highest BCUT2D eigenvalue weighted by molar-refractivity contribution is 5.76. The Labute approximate surface area is 118 Å². The molecule has 1 aliphatic rings. The van der Waals surface area contributed by atoms with Crippen molar-refractivity contribution < 1.29 is 13.6 Å². The van der Waals surface area contributed by atoms with Crippen LogP contribution in [0.3, 0.4) is 0 Å². The van der Waals surface area contributed by atoms with Crippen molar-refractivity contribution >= 4 is 5.91 Å². The van der Waals surface area contributed by atoms with E-state index in [-0.39, 0.29) is 24.3 Å². The second kappa shape index (κ2) is 6.79. The standard InChI is InChI=1S/C15H20F2N2O/c1-18-13-3-2-8-19(10-13)15(20)7-4-11-9-12(16)5-6-14(11)17/h5-6,9,13,18H,2-4,7-8,10H2,1H3. The van der Waals surface area contributed by atoms with Crippen LogP contribution in [0.1, 0.15) is 24.8 Å². The fourth-order valence-corrected chi connectivity index (χ4v) is 2.57. The van der Waals surface area contributed by atoms with E-state index >= 15 is 0 Å². The summed E-state index contributed by atoms with van der Waals surface area (Å²) in [6.45, 7) is 1.45. The number of nitrogens with one attached hydrogen (secondary N) is 1. The van der Waals surface area contributed by atoms with Crippen molar-refractivity contribution in [2.45, 2.75) is 31.7 Å². The van der Waals surface area contributed by atoms with Gasteiger partial charge in [-0.05, 0) is 50.1 Å². The molecule has 1 N–H and O–H groups in total. The van der Waals surface area contributed by atoms with Gasteiger partial charge in [-0.25, -0.2) is 8.78 Å². The highest BCUT2D eigenvalue weighted by Crippen LogP contribution is 2.15.